The Labute approximate surface area is 161 Å². The number of aryl methyl sites for hydroxylation is 1. The molecule has 1 saturated carbocycles. The molecule has 0 saturated heterocycles. The number of carbonyl (C=O) groups is 3. The van der Waals surface area contributed by atoms with Crippen molar-refractivity contribution in [2.24, 2.45) is 0 Å². The minimum Gasteiger partial charge on any atom is -0.481 e. The van der Waals surface area contributed by atoms with Crippen LogP contribution in [0.1, 0.15) is 52.0 Å². The molecule has 0 unspecified atom stereocenters. The van der Waals surface area contributed by atoms with E-state index in [4.69, 9.17) is 5.11 Å². The van der Waals surface area contributed by atoms with Crippen molar-refractivity contribution in [2.45, 2.75) is 38.1 Å². The molecule has 0 aliphatic heterocycles. The second-order valence-corrected chi connectivity index (χ2v) is 7.12. The summed E-state index contributed by atoms with van der Waals surface area (Å²) in [6, 6.07) is 10.4. The number of carboxylic acid groups (broad SMARTS) is 1. The van der Waals surface area contributed by atoms with E-state index < -0.39 is 29.1 Å². The predicted molar refractivity (Wildman–Crippen MR) is 102 cm³/mol. The Morgan fingerprint density at radius 1 is 1.11 bits per heavy atom. The third kappa shape index (κ3) is 4.19. The molecular weight excluding hydrogens is 363 g/mol. The normalized spacial score (nSPS) is 14.6. The van der Waals surface area contributed by atoms with Gasteiger partial charge in [-0.3, -0.25) is 14.4 Å². The number of benzene rings is 2. The Kier molecular flexibility index (Phi) is 5.44. The SMILES string of the molecule is Cc1ccc(C(=O)NC2(CC(=O)O)CCC2)cc1NC(=O)c1ccccc1F. The Morgan fingerprint density at radius 2 is 1.82 bits per heavy atom. The maximum Gasteiger partial charge on any atom is 0.305 e. The number of hydrogen-bond donors (Lipinski definition) is 3. The van der Waals surface area contributed by atoms with E-state index in [9.17, 15) is 18.8 Å². The third-order valence-corrected chi connectivity index (χ3v) is 5.05. The second kappa shape index (κ2) is 7.80. The summed E-state index contributed by atoms with van der Waals surface area (Å²) in [4.78, 5) is 36.1. The van der Waals surface area contributed by atoms with Crippen molar-refractivity contribution in [3.8, 4) is 0 Å². The van der Waals surface area contributed by atoms with E-state index in [1.807, 2.05) is 0 Å². The summed E-state index contributed by atoms with van der Waals surface area (Å²) in [6.45, 7) is 1.76. The Hall–Kier alpha value is -3.22. The van der Waals surface area contributed by atoms with Crippen molar-refractivity contribution in [3.05, 3.63) is 65.0 Å². The fourth-order valence-corrected chi connectivity index (χ4v) is 3.28. The summed E-state index contributed by atoms with van der Waals surface area (Å²) >= 11 is 0. The number of aliphatic carboxylic acids is 1. The van der Waals surface area contributed by atoms with Crippen LogP contribution in [0.2, 0.25) is 0 Å². The molecule has 28 heavy (non-hydrogen) atoms. The third-order valence-electron chi connectivity index (χ3n) is 5.05. The molecular formula is C21H21FN2O4. The van der Waals surface area contributed by atoms with Crippen molar-refractivity contribution >= 4 is 23.5 Å². The number of carboxylic acids is 1. The molecule has 1 aliphatic carbocycles. The smallest absolute Gasteiger partial charge is 0.305 e. The number of hydrogen-bond acceptors (Lipinski definition) is 3. The number of rotatable bonds is 6. The lowest BCUT2D eigenvalue weighted by molar-refractivity contribution is -0.139. The van der Waals surface area contributed by atoms with Gasteiger partial charge in [0.05, 0.1) is 17.5 Å². The van der Waals surface area contributed by atoms with E-state index in [-0.39, 0.29) is 12.0 Å². The largest absolute Gasteiger partial charge is 0.481 e. The van der Waals surface area contributed by atoms with Gasteiger partial charge in [-0.1, -0.05) is 18.2 Å². The van der Waals surface area contributed by atoms with E-state index >= 15 is 0 Å². The Balaban J connectivity index is 1.77. The van der Waals surface area contributed by atoms with Gasteiger partial charge in [-0.05, 0) is 56.0 Å². The summed E-state index contributed by atoms with van der Waals surface area (Å²) in [7, 11) is 0. The van der Waals surface area contributed by atoms with Crippen LogP contribution in [0.15, 0.2) is 42.5 Å². The first-order chi connectivity index (χ1) is 13.3. The lowest BCUT2D eigenvalue weighted by Gasteiger charge is -2.41. The van der Waals surface area contributed by atoms with Gasteiger partial charge in [-0.15, -0.1) is 0 Å². The van der Waals surface area contributed by atoms with Gasteiger partial charge in [0, 0.05) is 11.3 Å². The minimum absolute atomic E-state index is 0.0911. The molecule has 2 amide bonds. The molecule has 0 spiro atoms. The lowest BCUT2D eigenvalue weighted by atomic mass is 9.74. The summed E-state index contributed by atoms with van der Waals surface area (Å²) < 4.78 is 13.8. The molecule has 0 bridgehead atoms. The molecule has 2 aromatic rings. The molecule has 6 nitrogen and oxygen atoms in total. The van der Waals surface area contributed by atoms with Gasteiger partial charge in [0.2, 0.25) is 0 Å². The van der Waals surface area contributed by atoms with Gasteiger partial charge < -0.3 is 15.7 Å². The first kappa shape index (κ1) is 19.5. The molecule has 2 aromatic carbocycles. The number of amides is 2. The van der Waals surface area contributed by atoms with Gasteiger partial charge in [0.25, 0.3) is 11.8 Å². The highest BCUT2D eigenvalue weighted by molar-refractivity contribution is 6.05. The van der Waals surface area contributed by atoms with E-state index in [1.165, 1.54) is 24.3 Å². The van der Waals surface area contributed by atoms with Crippen LogP contribution in [0.4, 0.5) is 10.1 Å². The monoisotopic (exact) mass is 384 g/mol. The molecule has 3 N–H and O–H groups in total. The van der Waals surface area contributed by atoms with E-state index in [1.54, 1.807) is 25.1 Å². The average molecular weight is 384 g/mol. The predicted octanol–water partition coefficient (Wildman–Crippen LogP) is 3.51. The molecule has 0 aromatic heterocycles. The van der Waals surface area contributed by atoms with Crippen LogP contribution < -0.4 is 10.6 Å². The molecule has 3 rings (SSSR count). The highest BCUT2D eigenvalue weighted by Crippen LogP contribution is 2.35. The zero-order valence-corrected chi connectivity index (χ0v) is 15.4. The van der Waals surface area contributed by atoms with Crippen molar-refractivity contribution < 1.29 is 23.9 Å². The van der Waals surface area contributed by atoms with Crippen LogP contribution in [0, 0.1) is 12.7 Å². The van der Waals surface area contributed by atoms with Gasteiger partial charge in [0.15, 0.2) is 0 Å². The molecule has 146 valence electrons. The van der Waals surface area contributed by atoms with Gasteiger partial charge in [-0.25, -0.2) is 4.39 Å². The van der Waals surface area contributed by atoms with Gasteiger partial charge in [-0.2, -0.15) is 0 Å². The van der Waals surface area contributed by atoms with Crippen LogP contribution in [0.25, 0.3) is 0 Å². The molecule has 0 atom stereocenters. The zero-order valence-electron chi connectivity index (χ0n) is 15.4. The number of carbonyl (C=O) groups excluding carboxylic acids is 2. The quantitative estimate of drug-likeness (QED) is 0.710. The summed E-state index contributed by atoms with van der Waals surface area (Å²) in [5.74, 6) is -2.60. The van der Waals surface area contributed by atoms with Crippen LogP contribution in [0.5, 0.6) is 0 Å². The summed E-state index contributed by atoms with van der Waals surface area (Å²) in [6.07, 6.45) is 1.98. The molecule has 0 radical (unpaired) electrons. The molecule has 1 fully saturated rings. The molecule has 0 heterocycles. The van der Waals surface area contributed by atoms with E-state index in [2.05, 4.69) is 10.6 Å². The highest BCUT2D eigenvalue weighted by atomic mass is 19.1. The summed E-state index contributed by atoms with van der Waals surface area (Å²) in [5, 5.41) is 14.5. The first-order valence-corrected chi connectivity index (χ1v) is 9.00. The Bertz CT molecular complexity index is 938. The standard InChI is InChI=1S/C21H21FN2O4/c1-13-7-8-14(19(27)24-21(9-4-10-21)12-18(25)26)11-17(13)23-20(28)15-5-2-3-6-16(15)22/h2-3,5-8,11H,4,9-10,12H2,1H3,(H,23,28)(H,24,27)(H,25,26). The Morgan fingerprint density at radius 3 is 2.43 bits per heavy atom. The van der Waals surface area contributed by atoms with Crippen molar-refractivity contribution in [3.63, 3.8) is 0 Å². The topological polar surface area (TPSA) is 95.5 Å². The minimum atomic E-state index is -0.957. The molecule has 7 heteroatoms. The molecule has 1 aliphatic rings. The maximum atomic E-state index is 13.8. The fourth-order valence-electron chi connectivity index (χ4n) is 3.28. The fraction of sp³-hybridized carbons (Fsp3) is 0.286. The van der Waals surface area contributed by atoms with Crippen molar-refractivity contribution in [1.82, 2.24) is 5.32 Å². The number of halogens is 1. The lowest BCUT2D eigenvalue weighted by Crippen LogP contribution is -2.54. The van der Waals surface area contributed by atoms with Gasteiger partial charge in [0.1, 0.15) is 5.82 Å². The van der Waals surface area contributed by atoms with Crippen LogP contribution in [0.3, 0.4) is 0 Å². The van der Waals surface area contributed by atoms with Crippen LogP contribution in [-0.4, -0.2) is 28.4 Å². The first-order valence-electron chi connectivity index (χ1n) is 9.00. The highest BCUT2D eigenvalue weighted by Gasteiger charge is 2.40. The van der Waals surface area contributed by atoms with Crippen molar-refractivity contribution in [1.29, 1.82) is 0 Å². The summed E-state index contributed by atoms with van der Waals surface area (Å²) in [5.41, 5.74) is 0.592. The van der Waals surface area contributed by atoms with E-state index in [0.717, 1.165) is 6.42 Å². The maximum absolute atomic E-state index is 13.8. The zero-order chi connectivity index (χ0) is 20.3. The number of anilines is 1. The average Bonchev–Trinajstić information content (AvgIpc) is 2.61. The van der Waals surface area contributed by atoms with Crippen LogP contribution >= 0.6 is 0 Å². The van der Waals surface area contributed by atoms with Crippen LogP contribution in [-0.2, 0) is 4.79 Å². The number of nitrogens with one attached hydrogen (secondary N) is 2. The van der Waals surface area contributed by atoms with E-state index in [0.29, 0.717) is 29.7 Å². The second-order valence-electron chi connectivity index (χ2n) is 7.12. The van der Waals surface area contributed by atoms with Crippen molar-refractivity contribution in [2.75, 3.05) is 5.32 Å². The van der Waals surface area contributed by atoms with Gasteiger partial charge >= 0.3 is 5.97 Å².